The van der Waals surface area contributed by atoms with Gasteiger partial charge in [0.2, 0.25) is 0 Å². The fourth-order valence-electron chi connectivity index (χ4n) is 3.94. The van der Waals surface area contributed by atoms with Crippen molar-refractivity contribution in [2.24, 2.45) is 5.92 Å². The fourth-order valence-corrected chi connectivity index (χ4v) is 4.51. The maximum absolute atomic E-state index is 11.6. The summed E-state index contributed by atoms with van der Waals surface area (Å²) in [4.78, 5) is 13.7. The number of carboxylic acids is 1. The number of hydrogen-bond acceptors (Lipinski definition) is 2. The largest absolute Gasteiger partial charge is 0.480 e. The quantitative estimate of drug-likeness (QED) is 0.903. The average molecular weight is 328 g/mol. The van der Waals surface area contributed by atoms with Crippen molar-refractivity contribution in [3.8, 4) is 0 Å². The van der Waals surface area contributed by atoms with Crippen LogP contribution in [-0.4, -0.2) is 28.1 Å². The molecule has 21 heavy (non-hydrogen) atoms. The van der Waals surface area contributed by atoms with E-state index in [4.69, 9.17) is 23.2 Å². The van der Waals surface area contributed by atoms with E-state index in [1.165, 1.54) is 12.8 Å². The number of hydrogen-bond donors (Lipinski definition) is 1. The van der Waals surface area contributed by atoms with E-state index in [-0.39, 0.29) is 6.04 Å². The predicted molar refractivity (Wildman–Crippen MR) is 83.8 cm³/mol. The molecule has 2 aliphatic rings. The predicted octanol–water partition coefficient (Wildman–Crippen LogP) is 4.21. The lowest BCUT2D eigenvalue weighted by atomic mass is 9.84. The molecule has 0 bridgehead atoms. The van der Waals surface area contributed by atoms with Gasteiger partial charge in [0.1, 0.15) is 6.04 Å². The van der Waals surface area contributed by atoms with Crippen LogP contribution < -0.4 is 0 Å². The van der Waals surface area contributed by atoms with Crippen LogP contribution in [0, 0.1) is 5.92 Å². The Labute approximate surface area is 134 Å². The summed E-state index contributed by atoms with van der Waals surface area (Å²) in [7, 11) is 0. The average Bonchev–Trinajstić information content (AvgIpc) is 2.77. The zero-order valence-corrected chi connectivity index (χ0v) is 13.3. The summed E-state index contributed by atoms with van der Waals surface area (Å²) in [5, 5.41) is 10.7. The molecule has 1 aromatic carbocycles. The van der Waals surface area contributed by atoms with Gasteiger partial charge >= 0.3 is 5.97 Å². The summed E-state index contributed by atoms with van der Waals surface area (Å²) in [6.45, 7) is 0.610. The zero-order valence-electron chi connectivity index (χ0n) is 11.8. The van der Waals surface area contributed by atoms with Crippen LogP contribution in [0.25, 0.3) is 0 Å². The highest BCUT2D eigenvalue weighted by atomic mass is 35.5. The molecule has 1 aliphatic heterocycles. The number of rotatable bonds is 3. The Morgan fingerprint density at radius 3 is 2.52 bits per heavy atom. The highest BCUT2D eigenvalue weighted by molar-refractivity contribution is 6.34. The van der Waals surface area contributed by atoms with Crippen molar-refractivity contribution in [1.29, 1.82) is 0 Å². The second-order valence-electron chi connectivity index (χ2n) is 6.15. The SMILES string of the molecule is O=C(O)C1CC2CCCCC2N1Cc1cc(Cl)cc(Cl)c1. The highest BCUT2D eigenvalue weighted by Crippen LogP contribution is 2.40. The molecule has 2 fully saturated rings. The monoisotopic (exact) mass is 327 g/mol. The number of halogens is 2. The van der Waals surface area contributed by atoms with Gasteiger partial charge in [0, 0.05) is 22.6 Å². The molecule has 1 heterocycles. The van der Waals surface area contributed by atoms with Gasteiger partial charge in [0.15, 0.2) is 0 Å². The van der Waals surface area contributed by atoms with Crippen molar-refractivity contribution in [2.75, 3.05) is 0 Å². The number of fused-ring (bicyclic) bond motifs is 1. The van der Waals surface area contributed by atoms with E-state index in [0.717, 1.165) is 24.8 Å². The van der Waals surface area contributed by atoms with Crippen molar-refractivity contribution >= 4 is 29.2 Å². The summed E-state index contributed by atoms with van der Waals surface area (Å²) in [5.41, 5.74) is 0.991. The summed E-state index contributed by atoms with van der Waals surface area (Å²) in [6, 6.07) is 5.47. The first-order chi connectivity index (χ1) is 10.0. The minimum atomic E-state index is -0.711. The Bertz CT molecular complexity index is 529. The van der Waals surface area contributed by atoms with Crippen LogP contribution in [0.2, 0.25) is 10.0 Å². The molecule has 3 unspecified atom stereocenters. The van der Waals surface area contributed by atoms with Crippen LogP contribution in [-0.2, 0) is 11.3 Å². The van der Waals surface area contributed by atoms with Gasteiger partial charge in [-0.15, -0.1) is 0 Å². The number of nitrogens with zero attached hydrogens (tertiary/aromatic N) is 1. The van der Waals surface area contributed by atoms with Crippen molar-refractivity contribution in [3.05, 3.63) is 33.8 Å². The minimum absolute atomic E-state index is 0.379. The van der Waals surface area contributed by atoms with Gasteiger partial charge in [0.25, 0.3) is 0 Å². The molecule has 1 aromatic rings. The van der Waals surface area contributed by atoms with E-state index in [1.54, 1.807) is 6.07 Å². The van der Waals surface area contributed by atoms with Crippen LogP contribution in [0.4, 0.5) is 0 Å². The van der Waals surface area contributed by atoms with Crippen LogP contribution in [0.1, 0.15) is 37.7 Å². The second kappa shape index (κ2) is 6.15. The summed E-state index contributed by atoms with van der Waals surface area (Å²) in [6.07, 6.45) is 5.45. The first-order valence-electron chi connectivity index (χ1n) is 7.48. The fraction of sp³-hybridized carbons (Fsp3) is 0.562. The Kier molecular flexibility index (Phi) is 4.43. The molecule has 3 rings (SSSR count). The van der Waals surface area contributed by atoms with E-state index in [1.807, 2.05) is 12.1 Å². The Balaban J connectivity index is 1.84. The van der Waals surface area contributed by atoms with Gasteiger partial charge < -0.3 is 5.11 Å². The smallest absolute Gasteiger partial charge is 0.320 e. The normalized spacial score (nSPS) is 29.3. The molecule has 5 heteroatoms. The number of carboxylic acid groups (broad SMARTS) is 1. The zero-order chi connectivity index (χ0) is 15.0. The van der Waals surface area contributed by atoms with Gasteiger partial charge in [-0.2, -0.15) is 0 Å². The first kappa shape index (κ1) is 15.1. The third kappa shape index (κ3) is 3.20. The summed E-state index contributed by atoms with van der Waals surface area (Å²) < 4.78 is 0. The van der Waals surface area contributed by atoms with Gasteiger partial charge in [-0.1, -0.05) is 36.0 Å². The van der Waals surface area contributed by atoms with Gasteiger partial charge in [-0.3, -0.25) is 9.69 Å². The molecule has 3 nitrogen and oxygen atoms in total. The molecule has 114 valence electrons. The number of carbonyl (C=O) groups is 1. The maximum Gasteiger partial charge on any atom is 0.320 e. The van der Waals surface area contributed by atoms with E-state index in [0.29, 0.717) is 28.5 Å². The topological polar surface area (TPSA) is 40.5 Å². The van der Waals surface area contributed by atoms with Gasteiger partial charge in [-0.05, 0) is 48.9 Å². The Morgan fingerprint density at radius 1 is 1.19 bits per heavy atom. The standard InChI is InChI=1S/C16H19Cl2NO2/c17-12-5-10(6-13(18)8-12)9-19-14-4-2-1-3-11(14)7-15(19)16(20)21/h5-6,8,11,14-15H,1-4,7,9H2,(H,20,21). The highest BCUT2D eigenvalue weighted by Gasteiger charge is 2.44. The Morgan fingerprint density at radius 2 is 1.86 bits per heavy atom. The minimum Gasteiger partial charge on any atom is -0.480 e. The van der Waals surface area contributed by atoms with Crippen molar-refractivity contribution in [2.45, 2.75) is 50.7 Å². The molecular weight excluding hydrogens is 309 g/mol. The van der Waals surface area contributed by atoms with Crippen LogP contribution in [0.5, 0.6) is 0 Å². The molecule has 0 amide bonds. The number of likely N-dealkylation sites (tertiary alicyclic amines) is 1. The van der Waals surface area contributed by atoms with E-state index < -0.39 is 5.97 Å². The van der Waals surface area contributed by atoms with Gasteiger partial charge in [0.05, 0.1) is 0 Å². The lowest BCUT2D eigenvalue weighted by molar-refractivity contribution is -0.142. The van der Waals surface area contributed by atoms with E-state index in [2.05, 4.69) is 4.90 Å². The van der Waals surface area contributed by atoms with Crippen molar-refractivity contribution < 1.29 is 9.90 Å². The molecule has 1 saturated carbocycles. The lowest BCUT2D eigenvalue weighted by Crippen LogP contribution is -2.41. The van der Waals surface area contributed by atoms with Gasteiger partial charge in [-0.25, -0.2) is 0 Å². The van der Waals surface area contributed by atoms with Crippen LogP contribution >= 0.6 is 23.2 Å². The molecule has 0 radical (unpaired) electrons. The number of aliphatic carboxylic acids is 1. The molecule has 1 saturated heterocycles. The van der Waals surface area contributed by atoms with Crippen LogP contribution in [0.3, 0.4) is 0 Å². The third-order valence-electron chi connectivity index (χ3n) is 4.79. The van der Waals surface area contributed by atoms with Crippen LogP contribution in [0.15, 0.2) is 18.2 Å². The van der Waals surface area contributed by atoms with Crippen molar-refractivity contribution in [3.63, 3.8) is 0 Å². The Hall–Kier alpha value is -0.770. The maximum atomic E-state index is 11.6. The van der Waals surface area contributed by atoms with E-state index >= 15 is 0 Å². The molecule has 3 atom stereocenters. The number of benzene rings is 1. The summed E-state index contributed by atoms with van der Waals surface area (Å²) in [5.74, 6) is -0.188. The lowest BCUT2D eigenvalue weighted by Gasteiger charge is -2.33. The molecule has 0 spiro atoms. The third-order valence-corrected chi connectivity index (χ3v) is 5.23. The van der Waals surface area contributed by atoms with Crippen molar-refractivity contribution in [1.82, 2.24) is 4.90 Å². The molecule has 0 aromatic heterocycles. The molecular formula is C16H19Cl2NO2. The molecule has 1 aliphatic carbocycles. The second-order valence-corrected chi connectivity index (χ2v) is 7.02. The molecule has 1 N–H and O–H groups in total. The first-order valence-corrected chi connectivity index (χ1v) is 8.23. The summed E-state index contributed by atoms with van der Waals surface area (Å²) >= 11 is 12.1. The van der Waals surface area contributed by atoms with E-state index in [9.17, 15) is 9.90 Å².